The van der Waals surface area contributed by atoms with Crippen molar-refractivity contribution in [3.8, 4) is 5.75 Å². The molecular formula is C25H26N2O5S. The number of carbonyl (C=O) groups is 2. The number of anilines is 2. The van der Waals surface area contributed by atoms with Crippen LogP contribution in [0, 0.1) is 0 Å². The van der Waals surface area contributed by atoms with Crippen molar-refractivity contribution in [1.82, 2.24) is 0 Å². The van der Waals surface area contributed by atoms with Crippen molar-refractivity contribution in [2.45, 2.75) is 31.1 Å². The molecule has 1 heterocycles. The summed E-state index contributed by atoms with van der Waals surface area (Å²) in [7, 11) is -2.10. The molecule has 1 aliphatic heterocycles. The zero-order valence-electron chi connectivity index (χ0n) is 18.6. The van der Waals surface area contributed by atoms with Gasteiger partial charge in [0.2, 0.25) is 5.91 Å². The SMILES string of the molecule is CCCCN1C(=O)c2cccc3c(NC(=O)CCS(=O)(=O)c4ccc(OC)cc4)ccc1c23. The fourth-order valence-corrected chi connectivity index (χ4v) is 5.27. The fourth-order valence-electron chi connectivity index (χ4n) is 4.03. The lowest BCUT2D eigenvalue weighted by atomic mass is 10.0. The first-order chi connectivity index (χ1) is 15.9. The molecule has 3 aromatic carbocycles. The Kier molecular flexibility index (Phi) is 6.37. The summed E-state index contributed by atoms with van der Waals surface area (Å²) in [5.74, 6) is -0.182. The molecule has 0 unspecified atom stereocenters. The van der Waals surface area contributed by atoms with Gasteiger partial charge in [0, 0.05) is 35.0 Å². The standard InChI is InChI=1S/C25H26N2O5S/c1-3-4-15-27-22-13-12-21(19-6-5-7-20(24(19)22)25(27)29)26-23(28)14-16-33(30,31)18-10-8-17(32-2)9-11-18/h5-13H,3-4,14-16H2,1-2H3,(H,26,28). The summed E-state index contributed by atoms with van der Waals surface area (Å²) in [5, 5.41) is 4.42. The first-order valence-electron chi connectivity index (χ1n) is 10.9. The number of methoxy groups -OCH3 is 1. The minimum absolute atomic E-state index is 0.0295. The topological polar surface area (TPSA) is 92.8 Å². The minimum atomic E-state index is -3.61. The van der Waals surface area contributed by atoms with Crippen LogP contribution in [-0.4, -0.2) is 39.6 Å². The Morgan fingerprint density at radius 2 is 1.82 bits per heavy atom. The molecular weight excluding hydrogens is 440 g/mol. The predicted octanol–water partition coefficient (Wildman–Crippen LogP) is 4.41. The summed E-state index contributed by atoms with van der Waals surface area (Å²) < 4.78 is 30.2. The van der Waals surface area contributed by atoms with Gasteiger partial charge >= 0.3 is 0 Å². The molecule has 0 saturated carbocycles. The largest absolute Gasteiger partial charge is 0.497 e. The van der Waals surface area contributed by atoms with Crippen molar-refractivity contribution in [3.63, 3.8) is 0 Å². The Hall–Kier alpha value is -3.39. The van der Waals surface area contributed by atoms with Gasteiger partial charge in [0.25, 0.3) is 5.91 Å². The predicted molar refractivity (Wildman–Crippen MR) is 129 cm³/mol. The number of nitrogens with one attached hydrogen (secondary N) is 1. The van der Waals surface area contributed by atoms with E-state index in [1.54, 1.807) is 35.2 Å². The number of benzene rings is 3. The van der Waals surface area contributed by atoms with Gasteiger partial charge < -0.3 is 15.0 Å². The maximum absolute atomic E-state index is 12.9. The normalized spacial score (nSPS) is 12.9. The van der Waals surface area contributed by atoms with Crippen LogP contribution in [0.2, 0.25) is 0 Å². The monoisotopic (exact) mass is 466 g/mol. The molecule has 1 N–H and O–H groups in total. The first-order valence-corrected chi connectivity index (χ1v) is 12.5. The van der Waals surface area contributed by atoms with E-state index in [1.807, 2.05) is 12.1 Å². The zero-order valence-corrected chi connectivity index (χ0v) is 19.4. The highest BCUT2D eigenvalue weighted by Gasteiger charge is 2.30. The van der Waals surface area contributed by atoms with Gasteiger partial charge in [0.1, 0.15) is 5.75 Å². The van der Waals surface area contributed by atoms with E-state index in [-0.39, 0.29) is 23.0 Å². The van der Waals surface area contributed by atoms with Gasteiger partial charge in [-0.2, -0.15) is 0 Å². The van der Waals surface area contributed by atoms with Crippen LogP contribution in [0.15, 0.2) is 59.5 Å². The Morgan fingerprint density at radius 1 is 1.06 bits per heavy atom. The lowest BCUT2D eigenvalue weighted by Gasteiger charge is -2.17. The van der Waals surface area contributed by atoms with E-state index in [0.717, 1.165) is 29.3 Å². The van der Waals surface area contributed by atoms with E-state index in [0.29, 0.717) is 23.5 Å². The van der Waals surface area contributed by atoms with Gasteiger partial charge in [-0.25, -0.2) is 8.42 Å². The summed E-state index contributed by atoms with van der Waals surface area (Å²) in [6.07, 6.45) is 1.71. The van der Waals surface area contributed by atoms with Crippen molar-refractivity contribution in [3.05, 3.63) is 60.2 Å². The Balaban J connectivity index is 1.51. The van der Waals surface area contributed by atoms with Crippen LogP contribution >= 0.6 is 0 Å². The molecule has 8 heteroatoms. The first kappa shape index (κ1) is 22.8. The molecule has 0 bridgehead atoms. The van der Waals surface area contributed by atoms with E-state index in [2.05, 4.69) is 12.2 Å². The van der Waals surface area contributed by atoms with Crippen LogP contribution in [0.4, 0.5) is 11.4 Å². The number of rotatable bonds is 9. The Morgan fingerprint density at radius 3 is 2.52 bits per heavy atom. The second-order valence-electron chi connectivity index (χ2n) is 7.96. The summed E-state index contributed by atoms with van der Waals surface area (Å²) in [5.41, 5.74) is 2.03. The molecule has 1 aliphatic rings. The molecule has 0 atom stereocenters. The van der Waals surface area contributed by atoms with Crippen LogP contribution < -0.4 is 15.0 Å². The molecule has 0 spiro atoms. The van der Waals surface area contributed by atoms with Gasteiger partial charge in [-0.15, -0.1) is 0 Å². The van der Waals surface area contributed by atoms with Crippen LogP contribution in [0.3, 0.4) is 0 Å². The van der Waals surface area contributed by atoms with Gasteiger partial charge in [0.15, 0.2) is 9.84 Å². The molecule has 0 radical (unpaired) electrons. The number of nitrogens with zero attached hydrogens (tertiary/aromatic N) is 1. The molecule has 0 aliphatic carbocycles. The summed E-state index contributed by atoms with van der Waals surface area (Å²) in [4.78, 5) is 27.4. The Labute approximate surface area is 193 Å². The molecule has 0 fully saturated rings. The van der Waals surface area contributed by atoms with Crippen LogP contribution in [0.1, 0.15) is 36.5 Å². The highest BCUT2D eigenvalue weighted by molar-refractivity contribution is 7.91. The van der Waals surface area contributed by atoms with E-state index in [4.69, 9.17) is 4.74 Å². The van der Waals surface area contributed by atoms with Crippen molar-refractivity contribution in [2.24, 2.45) is 0 Å². The van der Waals surface area contributed by atoms with Crippen LogP contribution in [0.25, 0.3) is 10.8 Å². The number of ether oxygens (including phenoxy) is 1. The zero-order chi connectivity index (χ0) is 23.6. The molecule has 2 amide bonds. The summed E-state index contributed by atoms with van der Waals surface area (Å²) >= 11 is 0. The van der Waals surface area contributed by atoms with Gasteiger partial charge in [-0.05, 0) is 48.9 Å². The molecule has 7 nitrogen and oxygen atoms in total. The number of amides is 2. The third-order valence-corrected chi connectivity index (χ3v) is 7.54. The maximum atomic E-state index is 12.9. The van der Waals surface area contributed by atoms with Crippen molar-refractivity contribution in [1.29, 1.82) is 0 Å². The lowest BCUT2D eigenvalue weighted by molar-refractivity contribution is -0.115. The number of carbonyl (C=O) groups excluding carboxylic acids is 2. The molecule has 4 rings (SSSR count). The van der Waals surface area contributed by atoms with E-state index in [9.17, 15) is 18.0 Å². The molecule has 33 heavy (non-hydrogen) atoms. The highest BCUT2D eigenvalue weighted by Crippen LogP contribution is 2.40. The number of unbranched alkanes of at least 4 members (excludes halogenated alkanes) is 1. The van der Waals surface area contributed by atoms with Crippen molar-refractivity contribution in [2.75, 3.05) is 29.6 Å². The highest BCUT2D eigenvalue weighted by atomic mass is 32.2. The van der Waals surface area contributed by atoms with Gasteiger partial charge in [0.05, 0.1) is 23.4 Å². The van der Waals surface area contributed by atoms with Crippen LogP contribution in [-0.2, 0) is 14.6 Å². The number of hydrogen-bond donors (Lipinski definition) is 1. The second-order valence-corrected chi connectivity index (χ2v) is 10.1. The smallest absolute Gasteiger partial charge is 0.258 e. The number of hydrogen-bond acceptors (Lipinski definition) is 5. The summed E-state index contributed by atoms with van der Waals surface area (Å²) in [6, 6.07) is 15.2. The molecule has 0 saturated heterocycles. The molecule has 0 aromatic heterocycles. The average Bonchev–Trinajstić information content (AvgIpc) is 3.10. The van der Waals surface area contributed by atoms with Crippen molar-refractivity contribution >= 4 is 43.8 Å². The second kappa shape index (κ2) is 9.23. The number of sulfone groups is 1. The maximum Gasteiger partial charge on any atom is 0.258 e. The van der Waals surface area contributed by atoms with E-state index < -0.39 is 15.7 Å². The third kappa shape index (κ3) is 4.43. The third-order valence-electron chi connectivity index (χ3n) is 5.81. The fraction of sp³-hybridized carbons (Fsp3) is 0.280. The Bertz CT molecular complexity index is 1320. The molecule has 3 aromatic rings. The quantitative estimate of drug-likeness (QED) is 0.504. The van der Waals surface area contributed by atoms with Gasteiger partial charge in [-0.3, -0.25) is 9.59 Å². The summed E-state index contributed by atoms with van der Waals surface area (Å²) in [6.45, 7) is 2.73. The molecule has 172 valence electrons. The van der Waals surface area contributed by atoms with Crippen molar-refractivity contribution < 1.29 is 22.7 Å². The van der Waals surface area contributed by atoms with E-state index >= 15 is 0 Å². The minimum Gasteiger partial charge on any atom is -0.497 e. The average molecular weight is 467 g/mol. The lowest BCUT2D eigenvalue weighted by Crippen LogP contribution is -2.27. The van der Waals surface area contributed by atoms with Crippen LogP contribution in [0.5, 0.6) is 5.75 Å². The van der Waals surface area contributed by atoms with E-state index in [1.165, 1.54) is 19.2 Å². The van der Waals surface area contributed by atoms with Gasteiger partial charge in [-0.1, -0.05) is 25.5 Å².